The number of benzene rings is 2. The summed E-state index contributed by atoms with van der Waals surface area (Å²) in [5.41, 5.74) is 1.43. The van der Waals surface area contributed by atoms with Crippen molar-refractivity contribution in [2.75, 3.05) is 0 Å². The van der Waals surface area contributed by atoms with Crippen molar-refractivity contribution in [3.8, 4) is 0 Å². The zero-order chi connectivity index (χ0) is 15.5. The van der Waals surface area contributed by atoms with E-state index in [-0.39, 0.29) is 5.91 Å². The molecule has 110 valence electrons. The second-order valence-corrected chi connectivity index (χ2v) is 5.91. The van der Waals surface area contributed by atoms with Crippen LogP contribution in [0.15, 0.2) is 65.7 Å². The lowest BCUT2D eigenvalue weighted by atomic mass is 10.2. The zero-order valence-corrected chi connectivity index (χ0v) is 13.5. The predicted octanol–water partition coefficient (Wildman–Crippen LogP) is 3.54. The molecule has 3 aromatic rings. The molecule has 0 amide bonds. The Morgan fingerprint density at radius 1 is 1.05 bits per heavy atom. The van der Waals surface area contributed by atoms with E-state index in [4.69, 9.17) is 12.2 Å². The lowest BCUT2D eigenvalue weighted by Gasteiger charge is -1.99. The van der Waals surface area contributed by atoms with Gasteiger partial charge in [-0.05, 0) is 48.0 Å². The van der Waals surface area contributed by atoms with Crippen molar-refractivity contribution >= 4 is 35.3 Å². The lowest BCUT2D eigenvalue weighted by Crippen LogP contribution is -2.11. The number of carbonyl (C=O) groups is 1. The summed E-state index contributed by atoms with van der Waals surface area (Å²) in [5, 5.41) is 0. The van der Waals surface area contributed by atoms with E-state index in [1.807, 2.05) is 55.6 Å². The molecule has 0 fully saturated rings. The summed E-state index contributed by atoms with van der Waals surface area (Å²) >= 11 is 6.61. The molecule has 2 aromatic carbocycles. The van der Waals surface area contributed by atoms with Gasteiger partial charge in [-0.15, -0.1) is 0 Å². The molecular formula is C16H13N3OS2. The number of para-hydroxylation sites is 1. The third kappa shape index (κ3) is 2.84. The first-order valence-corrected chi connectivity index (χ1v) is 7.84. The molecule has 4 nitrogen and oxygen atoms in total. The van der Waals surface area contributed by atoms with Crippen LogP contribution < -0.4 is 4.80 Å². The summed E-state index contributed by atoms with van der Waals surface area (Å²) in [4.78, 5) is 17.8. The van der Waals surface area contributed by atoms with Crippen molar-refractivity contribution in [2.45, 2.75) is 0 Å². The molecule has 1 aromatic heterocycles. The average molecular weight is 327 g/mol. The number of rotatable bonds is 2. The van der Waals surface area contributed by atoms with Gasteiger partial charge in [0.2, 0.25) is 4.80 Å². The normalized spacial score (nSPS) is 11.6. The lowest BCUT2D eigenvalue weighted by molar-refractivity contribution is 0.0968. The Morgan fingerprint density at radius 3 is 2.27 bits per heavy atom. The standard InChI is InChI=1S/C16H13N3OS2/c1-18-15(17-13-10-6-3-7-11-13)22-19(16(18)21)14(20)12-8-4-2-5-9-12/h2-11H,1H3. The average Bonchev–Trinajstić information content (AvgIpc) is 2.84. The molecule has 1 heterocycles. The first-order chi connectivity index (χ1) is 10.7. The minimum atomic E-state index is -0.138. The van der Waals surface area contributed by atoms with Gasteiger partial charge >= 0.3 is 0 Å². The fourth-order valence-electron chi connectivity index (χ4n) is 1.93. The molecule has 3 rings (SSSR count). The summed E-state index contributed by atoms with van der Waals surface area (Å²) in [6, 6.07) is 18.7. The van der Waals surface area contributed by atoms with E-state index >= 15 is 0 Å². The summed E-state index contributed by atoms with van der Waals surface area (Å²) in [5.74, 6) is -0.138. The van der Waals surface area contributed by atoms with Gasteiger partial charge in [0.25, 0.3) is 5.91 Å². The Labute approximate surface area is 136 Å². The smallest absolute Gasteiger partial charge is 0.273 e. The molecule has 0 N–H and O–H groups in total. The predicted molar refractivity (Wildman–Crippen MR) is 89.9 cm³/mol. The van der Waals surface area contributed by atoms with Crippen LogP contribution in [0, 0.1) is 4.77 Å². The number of carbonyl (C=O) groups excluding carboxylic acids is 1. The van der Waals surface area contributed by atoms with Gasteiger partial charge in [0, 0.05) is 12.6 Å². The van der Waals surface area contributed by atoms with Crippen molar-refractivity contribution in [1.29, 1.82) is 0 Å². The van der Waals surface area contributed by atoms with Gasteiger partial charge in [0.15, 0.2) is 4.77 Å². The third-order valence-electron chi connectivity index (χ3n) is 3.11. The van der Waals surface area contributed by atoms with Gasteiger partial charge in [-0.25, -0.2) is 8.95 Å². The molecule has 0 aliphatic heterocycles. The SMILES string of the molecule is Cn1c(=Nc2ccccc2)sn(C(=O)c2ccccc2)c1=S. The van der Waals surface area contributed by atoms with Gasteiger partial charge in [0.05, 0.1) is 5.69 Å². The largest absolute Gasteiger partial charge is 0.295 e. The molecular weight excluding hydrogens is 314 g/mol. The topological polar surface area (TPSA) is 39.3 Å². The van der Waals surface area contributed by atoms with Gasteiger partial charge in [-0.2, -0.15) is 0 Å². The number of hydrogen-bond donors (Lipinski definition) is 0. The fourth-order valence-corrected chi connectivity index (χ4v) is 3.18. The molecule has 0 atom stereocenters. The van der Waals surface area contributed by atoms with Gasteiger partial charge in [0.1, 0.15) is 0 Å². The Morgan fingerprint density at radius 2 is 1.64 bits per heavy atom. The number of hydrogen-bond acceptors (Lipinski definition) is 4. The molecule has 0 radical (unpaired) electrons. The molecule has 0 unspecified atom stereocenters. The van der Waals surface area contributed by atoms with Crippen molar-refractivity contribution in [3.63, 3.8) is 0 Å². The highest BCUT2D eigenvalue weighted by molar-refractivity contribution is 7.71. The van der Waals surface area contributed by atoms with Crippen molar-refractivity contribution in [2.24, 2.45) is 12.0 Å². The Hall–Kier alpha value is -2.31. The van der Waals surface area contributed by atoms with Crippen LogP contribution in [0.3, 0.4) is 0 Å². The van der Waals surface area contributed by atoms with E-state index in [2.05, 4.69) is 4.99 Å². The molecule has 0 spiro atoms. The van der Waals surface area contributed by atoms with Crippen LogP contribution in [0.25, 0.3) is 0 Å². The van der Waals surface area contributed by atoms with E-state index in [1.54, 1.807) is 16.7 Å². The zero-order valence-electron chi connectivity index (χ0n) is 11.8. The van der Waals surface area contributed by atoms with E-state index in [1.165, 1.54) is 15.5 Å². The van der Waals surface area contributed by atoms with Gasteiger partial charge in [-0.1, -0.05) is 36.4 Å². The quantitative estimate of drug-likeness (QED) is 0.675. The van der Waals surface area contributed by atoms with E-state index < -0.39 is 0 Å². The van der Waals surface area contributed by atoms with E-state index in [9.17, 15) is 4.79 Å². The summed E-state index contributed by atoms with van der Waals surface area (Å²) in [7, 11) is 1.81. The molecule has 0 aliphatic carbocycles. The molecule has 0 aliphatic rings. The minimum Gasteiger partial charge on any atom is -0.295 e. The van der Waals surface area contributed by atoms with E-state index in [0.717, 1.165) is 5.69 Å². The first-order valence-electron chi connectivity index (χ1n) is 6.66. The summed E-state index contributed by atoms with van der Waals surface area (Å²) in [6.45, 7) is 0. The van der Waals surface area contributed by atoms with Crippen LogP contribution in [-0.2, 0) is 7.05 Å². The Kier molecular flexibility index (Phi) is 4.13. The highest BCUT2D eigenvalue weighted by Crippen LogP contribution is 2.10. The molecule has 0 bridgehead atoms. The van der Waals surface area contributed by atoms with Crippen LogP contribution in [0.2, 0.25) is 0 Å². The van der Waals surface area contributed by atoms with E-state index in [0.29, 0.717) is 15.1 Å². The maximum Gasteiger partial charge on any atom is 0.273 e. The Bertz CT molecular complexity index is 921. The third-order valence-corrected chi connectivity index (χ3v) is 4.73. The van der Waals surface area contributed by atoms with Crippen molar-refractivity contribution in [1.82, 2.24) is 8.52 Å². The monoisotopic (exact) mass is 327 g/mol. The highest BCUT2D eigenvalue weighted by Gasteiger charge is 2.12. The second kappa shape index (κ2) is 6.21. The van der Waals surface area contributed by atoms with Crippen LogP contribution in [0.5, 0.6) is 0 Å². The minimum absolute atomic E-state index is 0.138. The second-order valence-electron chi connectivity index (χ2n) is 4.63. The molecule has 22 heavy (non-hydrogen) atoms. The van der Waals surface area contributed by atoms with Crippen LogP contribution in [0.4, 0.5) is 5.69 Å². The fraction of sp³-hybridized carbons (Fsp3) is 0.0625. The maximum absolute atomic E-state index is 12.5. The first kappa shape index (κ1) is 14.6. The molecule has 0 saturated carbocycles. The van der Waals surface area contributed by atoms with Gasteiger partial charge in [-0.3, -0.25) is 9.36 Å². The van der Waals surface area contributed by atoms with Crippen molar-refractivity contribution < 1.29 is 4.79 Å². The summed E-state index contributed by atoms with van der Waals surface area (Å²) < 4.78 is 3.67. The molecule has 6 heteroatoms. The summed E-state index contributed by atoms with van der Waals surface area (Å²) in [6.07, 6.45) is 0. The number of aromatic nitrogens is 2. The molecule has 0 saturated heterocycles. The maximum atomic E-state index is 12.5. The van der Waals surface area contributed by atoms with Crippen LogP contribution >= 0.6 is 23.8 Å². The highest BCUT2D eigenvalue weighted by atomic mass is 32.1. The van der Waals surface area contributed by atoms with Crippen molar-refractivity contribution in [3.05, 3.63) is 75.8 Å². The number of nitrogens with zero attached hydrogens (tertiary/aromatic N) is 3. The Balaban J connectivity index is 2.09. The van der Waals surface area contributed by atoms with Gasteiger partial charge < -0.3 is 0 Å². The van der Waals surface area contributed by atoms with Crippen LogP contribution in [-0.4, -0.2) is 14.4 Å². The van der Waals surface area contributed by atoms with Crippen LogP contribution in [0.1, 0.15) is 10.4 Å².